The second-order valence-electron chi connectivity index (χ2n) is 8.74. The molecule has 0 bridgehead atoms. The second-order valence-corrected chi connectivity index (χ2v) is 8.74. The van der Waals surface area contributed by atoms with Crippen molar-refractivity contribution < 1.29 is 39.3 Å². The molecule has 0 heterocycles. The third-order valence-electron chi connectivity index (χ3n) is 5.02. The fraction of sp³-hybridized carbons (Fsp3) is 0.522. The van der Waals surface area contributed by atoms with Crippen molar-refractivity contribution in [1.29, 1.82) is 0 Å². The van der Waals surface area contributed by atoms with E-state index in [1.807, 2.05) is 0 Å². The normalized spacial score (nSPS) is 14.3. The van der Waals surface area contributed by atoms with Gasteiger partial charge in [0.25, 0.3) is 0 Å². The van der Waals surface area contributed by atoms with Crippen LogP contribution in [0, 0.1) is 5.92 Å². The lowest BCUT2D eigenvalue weighted by Crippen LogP contribution is -2.57. The summed E-state index contributed by atoms with van der Waals surface area (Å²) < 4.78 is 0. The van der Waals surface area contributed by atoms with Crippen LogP contribution in [-0.2, 0) is 30.4 Å². The Morgan fingerprint density at radius 3 is 1.83 bits per heavy atom. The Balaban J connectivity index is 3.11. The number of amides is 3. The first-order valence-electron chi connectivity index (χ1n) is 11.2. The number of carboxylic acid groups (broad SMARTS) is 2. The van der Waals surface area contributed by atoms with Crippen LogP contribution < -0.4 is 21.7 Å². The highest BCUT2D eigenvalue weighted by atomic mass is 16.4. The van der Waals surface area contributed by atoms with Crippen molar-refractivity contribution in [3.8, 4) is 5.75 Å². The van der Waals surface area contributed by atoms with Crippen molar-refractivity contribution >= 4 is 29.7 Å². The largest absolute Gasteiger partial charge is 0.508 e. The molecule has 1 aromatic carbocycles. The van der Waals surface area contributed by atoms with Crippen LogP contribution in [-0.4, -0.2) is 69.1 Å². The monoisotopic (exact) mass is 494 g/mol. The quantitative estimate of drug-likeness (QED) is 0.181. The molecule has 0 aromatic heterocycles. The molecule has 12 heteroatoms. The van der Waals surface area contributed by atoms with Crippen molar-refractivity contribution in [2.75, 3.05) is 0 Å². The molecule has 8 N–H and O–H groups in total. The topological polar surface area (TPSA) is 208 Å². The van der Waals surface area contributed by atoms with Crippen LogP contribution in [0.4, 0.5) is 0 Å². The van der Waals surface area contributed by atoms with Crippen molar-refractivity contribution in [2.24, 2.45) is 11.7 Å². The van der Waals surface area contributed by atoms with Crippen molar-refractivity contribution in [3.63, 3.8) is 0 Å². The van der Waals surface area contributed by atoms with Gasteiger partial charge in [-0.25, -0.2) is 4.79 Å². The maximum absolute atomic E-state index is 13.1. The lowest BCUT2D eigenvalue weighted by atomic mass is 10.0. The SMILES string of the molecule is CC(C)CC(NC(=O)C(CCC(=O)O)NC(=O)C(Cc1ccc(O)cc1)NC(=O)C(C)N)C(=O)O. The number of carbonyl (C=O) groups is 5. The van der Waals surface area contributed by atoms with Crippen molar-refractivity contribution in [1.82, 2.24) is 16.0 Å². The summed E-state index contributed by atoms with van der Waals surface area (Å²) in [6.45, 7) is 4.98. The molecule has 1 rings (SSSR count). The van der Waals surface area contributed by atoms with Crippen LogP contribution >= 0.6 is 0 Å². The van der Waals surface area contributed by atoms with E-state index in [4.69, 9.17) is 10.8 Å². The van der Waals surface area contributed by atoms with E-state index >= 15 is 0 Å². The molecule has 0 radical (unpaired) electrons. The number of aliphatic carboxylic acids is 2. The van der Waals surface area contributed by atoms with Gasteiger partial charge in [-0.2, -0.15) is 0 Å². The average Bonchev–Trinajstić information content (AvgIpc) is 2.76. The van der Waals surface area contributed by atoms with Crippen LogP contribution in [0.2, 0.25) is 0 Å². The Labute approximate surface area is 203 Å². The van der Waals surface area contributed by atoms with Crippen molar-refractivity contribution in [2.45, 2.75) is 70.6 Å². The van der Waals surface area contributed by atoms with Crippen LogP contribution in [0.1, 0.15) is 45.6 Å². The van der Waals surface area contributed by atoms with E-state index in [2.05, 4.69) is 16.0 Å². The van der Waals surface area contributed by atoms with Crippen LogP contribution in [0.3, 0.4) is 0 Å². The number of hydrogen-bond acceptors (Lipinski definition) is 7. The zero-order chi connectivity index (χ0) is 26.7. The van der Waals surface area contributed by atoms with Gasteiger partial charge < -0.3 is 37.0 Å². The molecule has 0 spiro atoms. The Hall–Kier alpha value is -3.67. The minimum absolute atomic E-state index is 0.00848. The predicted molar refractivity (Wildman–Crippen MR) is 125 cm³/mol. The van der Waals surface area contributed by atoms with Crippen LogP contribution in [0.25, 0.3) is 0 Å². The van der Waals surface area contributed by atoms with Gasteiger partial charge in [-0.3, -0.25) is 19.2 Å². The van der Waals surface area contributed by atoms with Gasteiger partial charge in [-0.1, -0.05) is 26.0 Å². The number of carboxylic acids is 2. The summed E-state index contributed by atoms with van der Waals surface area (Å²) in [5.41, 5.74) is 6.17. The van der Waals surface area contributed by atoms with E-state index in [0.29, 0.717) is 5.56 Å². The standard InChI is InChI=1S/C23H34N4O8/c1-12(2)10-18(23(34)35)27-21(32)16(8-9-19(29)30)25-22(33)17(26-20(31)13(3)24)11-14-4-6-15(28)7-5-14/h4-7,12-13,16-18,28H,8-11,24H2,1-3H3,(H,25,33)(H,26,31)(H,27,32)(H,29,30)(H,34,35). The van der Waals surface area contributed by atoms with Gasteiger partial charge in [0.2, 0.25) is 17.7 Å². The molecular formula is C23H34N4O8. The van der Waals surface area contributed by atoms with E-state index in [9.17, 15) is 34.2 Å². The number of nitrogens with two attached hydrogens (primary N) is 1. The number of phenols is 1. The maximum Gasteiger partial charge on any atom is 0.326 e. The molecule has 194 valence electrons. The smallest absolute Gasteiger partial charge is 0.326 e. The lowest BCUT2D eigenvalue weighted by molar-refractivity contribution is -0.143. The summed E-state index contributed by atoms with van der Waals surface area (Å²) in [6, 6.07) is 1.22. The van der Waals surface area contributed by atoms with E-state index < -0.39 is 60.2 Å². The first-order valence-corrected chi connectivity index (χ1v) is 11.2. The number of rotatable bonds is 14. The number of aromatic hydroxyl groups is 1. The van der Waals surface area contributed by atoms with E-state index in [1.165, 1.54) is 19.1 Å². The van der Waals surface area contributed by atoms with Gasteiger partial charge in [0.1, 0.15) is 23.9 Å². The summed E-state index contributed by atoms with van der Waals surface area (Å²) >= 11 is 0. The van der Waals surface area contributed by atoms with Gasteiger partial charge in [-0.05, 0) is 43.4 Å². The molecule has 1 aromatic rings. The molecule has 0 aliphatic carbocycles. The summed E-state index contributed by atoms with van der Waals surface area (Å²) in [6.07, 6.45) is -0.638. The minimum Gasteiger partial charge on any atom is -0.508 e. The zero-order valence-electron chi connectivity index (χ0n) is 20.0. The first kappa shape index (κ1) is 29.4. The van der Waals surface area contributed by atoms with Gasteiger partial charge in [0.05, 0.1) is 6.04 Å². The van der Waals surface area contributed by atoms with E-state index in [1.54, 1.807) is 26.0 Å². The predicted octanol–water partition coefficient (Wildman–Crippen LogP) is -0.268. The van der Waals surface area contributed by atoms with Crippen LogP contribution in [0.5, 0.6) is 5.75 Å². The lowest BCUT2D eigenvalue weighted by Gasteiger charge is -2.25. The van der Waals surface area contributed by atoms with Gasteiger partial charge >= 0.3 is 11.9 Å². The number of benzene rings is 1. The van der Waals surface area contributed by atoms with Gasteiger partial charge in [-0.15, -0.1) is 0 Å². The highest BCUT2D eigenvalue weighted by molar-refractivity contribution is 5.94. The summed E-state index contributed by atoms with van der Waals surface area (Å²) in [7, 11) is 0. The summed E-state index contributed by atoms with van der Waals surface area (Å²) in [5.74, 6) is -4.77. The Morgan fingerprint density at radius 2 is 1.34 bits per heavy atom. The Kier molecular flexibility index (Phi) is 11.7. The molecule has 0 saturated heterocycles. The molecule has 35 heavy (non-hydrogen) atoms. The van der Waals surface area contributed by atoms with Crippen LogP contribution in [0.15, 0.2) is 24.3 Å². The van der Waals surface area contributed by atoms with Crippen molar-refractivity contribution in [3.05, 3.63) is 29.8 Å². The third-order valence-corrected chi connectivity index (χ3v) is 5.02. The summed E-state index contributed by atoms with van der Waals surface area (Å²) in [4.78, 5) is 60.7. The maximum atomic E-state index is 13.1. The average molecular weight is 495 g/mol. The highest BCUT2D eigenvalue weighted by Crippen LogP contribution is 2.12. The number of phenolic OH excluding ortho intramolecular Hbond substituents is 1. The molecule has 0 aliphatic heterocycles. The summed E-state index contributed by atoms with van der Waals surface area (Å²) in [5, 5.41) is 35.2. The number of hydrogen-bond donors (Lipinski definition) is 7. The Bertz CT molecular complexity index is 901. The second kappa shape index (κ2) is 13.9. The fourth-order valence-electron chi connectivity index (χ4n) is 3.15. The zero-order valence-corrected chi connectivity index (χ0v) is 20.0. The molecule has 0 fully saturated rings. The molecule has 12 nitrogen and oxygen atoms in total. The Morgan fingerprint density at radius 1 is 0.829 bits per heavy atom. The van der Waals surface area contributed by atoms with E-state index in [-0.39, 0.29) is 30.9 Å². The number of carbonyl (C=O) groups excluding carboxylic acids is 3. The third kappa shape index (κ3) is 10.9. The fourth-order valence-corrected chi connectivity index (χ4v) is 3.15. The molecule has 0 saturated carbocycles. The number of nitrogens with one attached hydrogen (secondary N) is 3. The molecule has 4 unspecified atom stereocenters. The first-order chi connectivity index (χ1) is 16.3. The highest BCUT2D eigenvalue weighted by Gasteiger charge is 2.30. The van der Waals surface area contributed by atoms with Gasteiger partial charge in [0, 0.05) is 12.8 Å². The molecule has 4 atom stereocenters. The molecule has 3 amide bonds. The van der Waals surface area contributed by atoms with Gasteiger partial charge in [0.15, 0.2) is 0 Å². The van der Waals surface area contributed by atoms with E-state index in [0.717, 1.165) is 0 Å². The molecular weight excluding hydrogens is 460 g/mol. The molecule has 0 aliphatic rings. The minimum atomic E-state index is -1.36.